The van der Waals surface area contributed by atoms with Crippen LogP contribution in [0.5, 0.6) is 0 Å². The molecule has 0 spiro atoms. The first-order valence-electron chi connectivity index (χ1n) is 8.98. The molecule has 0 fully saturated rings. The average Bonchev–Trinajstić information content (AvgIpc) is 3.21. The molecule has 0 aliphatic rings. The van der Waals surface area contributed by atoms with E-state index >= 15 is 0 Å². The van der Waals surface area contributed by atoms with Gasteiger partial charge in [0.25, 0.3) is 15.9 Å². The number of carbonyl (C=O) groups excluding carboxylic acids is 1. The number of carbonyl (C=O) groups is 1. The summed E-state index contributed by atoms with van der Waals surface area (Å²) in [5, 5.41) is 6.82. The molecular weight excluding hydrogens is 390 g/mol. The molecule has 0 bridgehead atoms. The van der Waals surface area contributed by atoms with E-state index in [1.807, 2.05) is 12.1 Å². The van der Waals surface area contributed by atoms with E-state index in [9.17, 15) is 13.2 Å². The zero-order valence-corrected chi connectivity index (χ0v) is 17.3. The van der Waals surface area contributed by atoms with Gasteiger partial charge < -0.3 is 5.32 Å². The third kappa shape index (κ3) is 5.41. The first-order chi connectivity index (χ1) is 13.6. The van der Waals surface area contributed by atoms with Crippen molar-refractivity contribution < 1.29 is 13.2 Å². The predicted molar refractivity (Wildman–Crippen MR) is 111 cm³/mol. The highest BCUT2D eigenvalue weighted by atomic mass is 32.2. The predicted octanol–water partition coefficient (Wildman–Crippen LogP) is 2.69. The van der Waals surface area contributed by atoms with Gasteiger partial charge in [0.15, 0.2) is 0 Å². The van der Waals surface area contributed by atoms with Gasteiger partial charge in [0, 0.05) is 11.3 Å². The Labute approximate surface area is 170 Å². The van der Waals surface area contributed by atoms with Gasteiger partial charge in [-0.25, -0.2) is 22.8 Å². The second-order valence-corrected chi connectivity index (χ2v) is 9.30. The quantitative estimate of drug-likeness (QED) is 0.644. The smallest absolute Gasteiger partial charge is 0.264 e. The van der Waals surface area contributed by atoms with Crippen LogP contribution in [0.15, 0.2) is 61.2 Å². The lowest BCUT2D eigenvalue weighted by Crippen LogP contribution is -2.34. The van der Waals surface area contributed by atoms with E-state index in [-0.39, 0.29) is 5.41 Å². The molecule has 2 aromatic carbocycles. The van der Waals surface area contributed by atoms with Crippen LogP contribution in [0, 0.1) is 0 Å². The molecule has 0 aliphatic carbocycles. The van der Waals surface area contributed by atoms with Crippen molar-refractivity contribution in [2.24, 2.45) is 0 Å². The van der Waals surface area contributed by atoms with Crippen molar-refractivity contribution in [1.82, 2.24) is 19.5 Å². The highest BCUT2D eigenvalue weighted by Crippen LogP contribution is 2.22. The van der Waals surface area contributed by atoms with Gasteiger partial charge in [-0.05, 0) is 47.4 Å². The van der Waals surface area contributed by atoms with E-state index in [1.54, 1.807) is 47.4 Å². The number of anilines is 1. The van der Waals surface area contributed by atoms with Crippen LogP contribution in [0.3, 0.4) is 0 Å². The van der Waals surface area contributed by atoms with Crippen LogP contribution < -0.4 is 10.0 Å². The molecule has 0 radical (unpaired) electrons. The van der Waals surface area contributed by atoms with E-state index in [2.05, 4.69) is 40.9 Å². The summed E-state index contributed by atoms with van der Waals surface area (Å²) < 4.78 is 28.2. The summed E-state index contributed by atoms with van der Waals surface area (Å²) in [5.74, 6) is -1.09. The average molecular weight is 414 g/mol. The molecule has 0 unspecified atom stereocenters. The number of benzene rings is 2. The van der Waals surface area contributed by atoms with Crippen LogP contribution in [0.1, 0.15) is 36.7 Å². The number of sulfonamides is 1. The second kappa shape index (κ2) is 8.04. The van der Waals surface area contributed by atoms with Crippen LogP contribution in [-0.4, -0.2) is 35.0 Å². The van der Waals surface area contributed by atoms with Crippen LogP contribution in [0.25, 0.3) is 5.69 Å². The Bertz CT molecular complexity index is 1070. The molecule has 9 heteroatoms. The number of hydrogen-bond acceptors (Lipinski definition) is 6. The molecule has 1 heterocycles. The summed E-state index contributed by atoms with van der Waals surface area (Å²) in [6, 6.07) is 13.9. The maximum absolute atomic E-state index is 12.3. The Morgan fingerprint density at radius 3 is 2.24 bits per heavy atom. The minimum Gasteiger partial charge on any atom is -0.370 e. The van der Waals surface area contributed by atoms with E-state index < -0.39 is 21.8 Å². The lowest BCUT2D eigenvalue weighted by molar-refractivity contribution is 0.0981. The van der Waals surface area contributed by atoms with Crippen molar-refractivity contribution in [3.05, 3.63) is 72.3 Å². The number of hydrogen-bond donors (Lipinski definition) is 2. The number of rotatable bonds is 6. The normalized spacial score (nSPS) is 11.8. The van der Waals surface area contributed by atoms with Crippen LogP contribution >= 0.6 is 0 Å². The fourth-order valence-electron chi connectivity index (χ4n) is 2.61. The molecule has 0 aliphatic heterocycles. The molecule has 2 N–H and O–H groups in total. The van der Waals surface area contributed by atoms with Crippen molar-refractivity contribution in [3.8, 4) is 5.69 Å². The highest BCUT2D eigenvalue weighted by molar-refractivity contribution is 7.90. The summed E-state index contributed by atoms with van der Waals surface area (Å²) in [6.07, 6.45) is 2.99. The van der Waals surface area contributed by atoms with Gasteiger partial charge in [-0.2, -0.15) is 5.10 Å². The Balaban J connectivity index is 1.59. The van der Waals surface area contributed by atoms with Crippen molar-refractivity contribution in [2.75, 3.05) is 11.2 Å². The summed E-state index contributed by atoms with van der Waals surface area (Å²) in [5.41, 5.74) is 2.70. The highest BCUT2D eigenvalue weighted by Gasteiger charge is 2.18. The van der Waals surface area contributed by atoms with Gasteiger partial charge in [-0.15, -0.1) is 0 Å². The zero-order chi connectivity index (χ0) is 21.1. The van der Waals surface area contributed by atoms with Gasteiger partial charge in [-0.3, -0.25) is 4.79 Å². The Hall–Kier alpha value is -3.20. The lowest BCUT2D eigenvalue weighted by atomic mass is 9.87. The molecule has 152 valence electrons. The second-order valence-electron chi connectivity index (χ2n) is 7.58. The van der Waals surface area contributed by atoms with Gasteiger partial charge >= 0.3 is 0 Å². The number of aromatic nitrogens is 3. The van der Waals surface area contributed by atoms with Crippen molar-refractivity contribution in [2.45, 2.75) is 26.2 Å². The number of nitrogens with one attached hydrogen (secondary N) is 2. The summed E-state index contributed by atoms with van der Waals surface area (Å²) >= 11 is 0. The molecule has 3 rings (SSSR count). The molecule has 29 heavy (non-hydrogen) atoms. The first kappa shape index (κ1) is 20.5. The van der Waals surface area contributed by atoms with Crippen molar-refractivity contribution in [3.63, 3.8) is 0 Å². The topological polar surface area (TPSA) is 106 Å². The van der Waals surface area contributed by atoms with Crippen LogP contribution in [-0.2, 0) is 15.4 Å². The van der Waals surface area contributed by atoms with Gasteiger partial charge in [0.2, 0.25) is 0 Å². The molecular formula is C20H23N5O3S. The molecule has 8 nitrogen and oxygen atoms in total. The molecule has 0 saturated heterocycles. The molecule has 1 aromatic heterocycles. The Morgan fingerprint density at radius 2 is 1.69 bits per heavy atom. The zero-order valence-electron chi connectivity index (χ0n) is 16.5. The maximum Gasteiger partial charge on any atom is 0.264 e. The van der Waals surface area contributed by atoms with Crippen LogP contribution in [0.4, 0.5) is 5.69 Å². The van der Waals surface area contributed by atoms with E-state index in [4.69, 9.17) is 0 Å². The number of amides is 1. The lowest BCUT2D eigenvalue weighted by Gasteiger charge is -2.19. The third-order valence-corrected chi connectivity index (χ3v) is 5.30. The SMILES string of the molecule is CC(C)(C)c1ccc(C(=O)NS(=O)(=O)CNc2ccc(-n3cncn3)cc2)cc1. The van der Waals surface area contributed by atoms with Gasteiger partial charge in [-0.1, -0.05) is 32.9 Å². The minimum absolute atomic E-state index is 0.0471. The fraction of sp³-hybridized carbons (Fsp3) is 0.250. The first-order valence-corrected chi connectivity index (χ1v) is 10.6. The van der Waals surface area contributed by atoms with E-state index in [0.717, 1.165) is 11.3 Å². The molecule has 1 amide bonds. The standard InChI is InChI=1S/C20H23N5O3S/c1-20(2,3)16-6-4-15(5-7-16)19(26)24-29(27,28)14-22-17-8-10-18(11-9-17)25-13-21-12-23-25/h4-13,22H,14H2,1-3H3,(H,24,26). The van der Waals surface area contributed by atoms with Crippen molar-refractivity contribution in [1.29, 1.82) is 0 Å². The largest absolute Gasteiger partial charge is 0.370 e. The van der Waals surface area contributed by atoms with Crippen molar-refractivity contribution >= 4 is 21.6 Å². The maximum atomic E-state index is 12.3. The van der Waals surface area contributed by atoms with Crippen LogP contribution in [0.2, 0.25) is 0 Å². The van der Waals surface area contributed by atoms with E-state index in [1.165, 1.54) is 6.33 Å². The summed E-state index contributed by atoms with van der Waals surface area (Å²) in [7, 11) is -3.86. The van der Waals surface area contributed by atoms with Gasteiger partial charge in [0.1, 0.15) is 18.5 Å². The Morgan fingerprint density at radius 1 is 1.03 bits per heavy atom. The van der Waals surface area contributed by atoms with E-state index in [0.29, 0.717) is 11.3 Å². The minimum atomic E-state index is -3.86. The molecule has 0 saturated carbocycles. The summed E-state index contributed by atoms with van der Waals surface area (Å²) in [6.45, 7) is 6.20. The molecule has 0 atom stereocenters. The Kier molecular flexibility index (Phi) is 5.69. The third-order valence-electron chi connectivity index (χ3n) is 4.28. The monoisotopic (exact) mass is 413 g/mol. The van der Waals surface area contributed by atoms with Gasteiger partial charge in [0.05, 0.1) is 5.69 Å². The summed E-state index contributed by atoms with van der Waals surface area (Å²) in [4.78, 5) is 16.2. The molecule has 3 aromatic rings. The fourth-order valence-corrected chi connectivity index (χ4v) is 3.44. The number of nitrogens with zero attached hydrogens (tertiary/aromatic N) is 3.